The Kier molecular flexibility index (Phi) is 5.11. The molecule has 1 N–H and O–H groups in total. The van der Waals surface area contributed by atoms with Gasteiger partial charge < -0.3 is 5.32 Å². The third kappa shape index (κ3) is 3.76. The topological polar surface area (TPSA) is 15.3 Å². The predicted octanol–water partition coefficient (Wildman–Crippen LogP) is 3.17. The molecule has 3 atom stereocenters. The minimum Gasteiger partial charge on any atom is -0.311 e. The van der Waals surface area contributed by atoms with Crippen LogP contribution >= 0.6 is 0 Å². The average molecular weight is 282 g/mol. The molecule has 0 amide bonds. The molecule has 2 nitrogen and oxygen atoms in total. The minimum atomic E-state index is -0.497. The van der Waals surface area contributed by atoms with E-state index in [4.69, 9.17) is 0 Å². The second-order valence-electron chi connectivity index (χ2n) is 5.97. The summed E-state index contributed by atoms with van der Waals surface area (Å²) in [6.07, 6.45) is 1.11. The zero-order valence-corrected chi connectivity index (χ0v) is 12.5. The van der Waals surface area contributed by atoms with Gasteiger partial charge in [0.25, 0.3) is 0 Å². The fourth-order valence-electron chi connectivity index (χ4n) is 2.95. The maximum Gasteiger partial charge on any atom is 0.126 e. The molecule has 0 saturated carbocycles. The SMILES string of the molecule is CCC(C)C1CNC(C)CN1Cc1cc(F)cc(F)c1. The molecule has 1 saturated heterocycles. The number of halogens is 2. The van der Waals surface area contributed by atoms with Gasteiger partial charge >= 0.3 is 0 Å². The average Bonchev–Trinajstić information content (AvgIpc) is 2.37. The normalized spacial score (nSPS) is 25.6. The summed E-state index contributed by atoms with van der Waals surface area (Å²) in [5.41, 5.74) is 0.713. The highest BCUT2D eigenvalue weighted by Crippen LogP contribution is 2.21. The van der Waals surface area contributed by atoms with E-state index >= 15 is 0 Å². The number of rotatable bonds is 4. The van der Waals surface area contributed by atoms with E-state index in [2.05, 4.69) is 31.0 Å². The molecule has 1 aliphatic rings. The Morgan fingerprint density at radius 3 is 2.55 bits per heavy atom. The van der Waals surface area contributed by atoms with Gasteiger partial charge in [0, 0.05) is 37.8 Å². The Hall–Kier alpha value is -1.00. The highest BCUT2D eigenvalue weighted by molar-refractivity contribution is 5.18. The monoisotopic (exact) mass is 282 g/mol. The van der Waals surface area contributed by atoms with Crippen LogP contribution < -0.4 is 5.32 Å². The molecule has 1 aliphatic heterocycles. The largest absolute Gasteiger partial charge is 0.311 e. The summed E-state index contributed by atoms with van der Waals surface area (Å²) >= 11 is 0. The second kappa shape index (κ2) is 6.64. The Morgan fingerprint density at radius 1 is 1.30 bits per heavy atom. The lowest BCUT2D eigenvalue weighted by Gasteiger charge is -2.42. The maximum absolute atomic E-state index is 13.3. The van der Waals surface area contributed by atoms with Crippen LogP contribution in [0.4, 0.5) is 8.78 Å². The Labute approximate surface area is 120 Å². The van der Waals surface area contributed by atoms with Crippen molar-refractivity contribution in [1.29, 1.82) is 0 Å². The van der Waals surface area contributed by atoms with Crippen molar-refractivity contribution in [2.24, 2.45) is 5.92 Å². The molecule has 0 aromatic heterocycles. The van der Waals surface area contributed by atoms with Gasteiger partial charge in [-0.05, 0) is 30.5 Å². The summed E-state index contributed by atoms with van der Waals surface area (Å²) in [6.45, 7) is 9.02. The number of nitrogens with zero attached hydrogens (tertiary/aromatic N) is 1. The van der Waals surface area contributed by atoms with Crippen molar-refractivity contribution in [1.82, 2.24) is 10.2 Å². The summed E-state index contributed by atoms with van der Waals surface area (Å²) in [6, 6.07) is 4.62. The standard InChI is InChI=1S/C16H24F2N2/c1-4-11(2)16-8-19-12(3)9-20(16)10-13-5-14(17)7-15(18)6-13/h5-7,11-12,16,19H,4,8-10H2,1-3H3. The smallest absolute Gasteiger partial charge is 0.126 e. The van der Waals surface area contributed by atoms with Crippen molar-refractivity contribution in [2.45, 2.75) is 45.8 Å². The molecule has 1 aromatic rings. The van der Waals surface area contributed by atoms with Crippen molar-refractivity contribution in [3.63, 3.8) is 0 Å². The lowest BCUT2D eigenvalue weighted by Crippen LogP contribution is -2.57. The van der Waals surface area contributed by atoms with E-state index in [0.717, 1.165) is 25.6 Å². The van der Waals surface area contributed by atoms with Gasteiger partial charge in [-0.25, -0.2) is 8.78 Å². The van der Waals surface area contributed by atoms with Crippen LogP contribution in [0.2, 0.25) is 0 Å². The van der Waals surface area contributed by atoms with E-state index in [9.17, 15) is 8.78 Å². The molecule has 0 spiro atoms. The molecule has 0 bridgehead atoms. The van der Waals surface area contributed by atoms with Gasteiger partial charge in [0.2, 0.25) is 0 Å². The van der Waals surface area contributed by atoms with E-state index in [1.807, 2.05) is 0 Å². The van der Waals surface area contributed by atoms with E-state index in [1.165, 1.54) is 12.1 Å². The first-order chi connectivity index (χ1) is 9.49. The van der Waals surface area contributed by atoms with E-state index in [0.29, 0.717) is 30.1 Å². The first kappa shape index (κ1) is 15.4. The summed E-state index contributed by atoms with van der Waals surface area (Å²) in [4.78, 5) is 2.35. The van der Waals surface area contributed by atoms with Crippen LogP contribution in [0.5, 0.6) is 0 Å². The van der Waals surface area contributed by atoms with Crippen molar-refractivity contribution >= 4 is 0 Å². The van der Waals surface area contributed by atoms with Gasteiger partial charge in [-0.3, -0.25) is 4.90 Å². The molecule has 0 radical (unpaired) electrons. The maximum atomic E-state index is 13.3. The predicted molar refractivity (Wildman–Crippen MR) is 77.5 cm³/mol. The summed E-state index contributed by atoms with van der Waals surface area (Å²) in [5, 5.41) is 3.50. The van der Waals surface area contributed by atoms with E-state index in [-0.39, 0.29) is 0 Å². The van der Waals surface area contributed by atoms with Crippen LogP contribution in [0, 0.1) is 17.6 Å². The first-order valence-corrected chi connectivity index (χ1v) is 7.42. The minimum absolute atomic E-state index is 0.411. The molecule has 1 aromatic carbocycles. The third-order valence-electron chi connectivity index (χ3n) is 4.26. The van der Waals surface area contributed by atoms with Crippen LogP contribution in [0.25, 0.3) is 0 Å². The molecule has 112 valence electrons. The van der Waals surface area contributed by atoms with Gasteiger partial charge in [-0.15, -0.1) is 0 Å². The molecule has 1 heterocycles. The van der Waals surface area contributed by atoms with Gasteiger partial charge in [-0.2, -0.15) is 0 Å². The molecular weight excluding hydrogens is 258 g/mol. The molecule has 4 heteroatoms. The fourth-order valence-corrected chi connectivity index (χ4v) is 2.95. The molecule has 20 heavy (non-hydrogen) atoms. The van der Waals surface area contributed by atoms with Gasteiger partial charge in [-0.1, -0.05) is 20.3 Å². The van der Waals surface area contributed by atoms with E-state index < -0.39 is 11.6 Å². The van der Waals surface area contributed by atoms with Crippen LogP contribution in [-0.4, -0.2) is 30.1 Å². The highest BCUT2D eigenvalue weighted by atomic mass is 19.1. The lowest BCUT2D eigenvalue weighted by molar-refractivity contribution is 0.0883. The third-order valence-corrected chi connectivity index (χ3v) is 4.26. The summed E-state index contributed by atoms with van der Waals surface area (Å²) in [7, 11) is 0. The number of hydrogen-bond acceptors (Lipinski definition) is 2. The van der Waals surface area contributed by atoms with Crippen LogP contribution in [0.1, 0.15) is 32.8 Å². The number of hydrogen-bond donors (Lipinski definition) is 1. The van der Waals surface area contributed by atoms with Crippen molar-refractivity contribution < 1.29 is 8.78 Å². The van der Waals surface area contributed by atoms with Crippen LogP contribution in [0.3, 0.4) is 0 Å². The zero-order chi connectivity index (χ0) is 14.7. The first-order valence-electron chi connectivity index (χ1n) is 7.42. The summed E-state index contributed by atoms with van der Waals surface area (Å²) < 4.78 is 26.6. The molecule has 1 fully saturated rings. The fraction of sp³-hybridized carbons (Fsp3) is 0.625. The molecule has 3 unspecified atom stereocenters. The van der Waals surface area contributed by atoms with Crippen molar-refractivity contribution in [3.05, 3.63) is 35.4 Å². The van der Waals surface area contributed by atoms with Crippen molar-refractivity contribution in [3.8, 4) is 0 Å². The molecule has 2 rings (SSSR count). The lowest BCUT2D eigenvalue weighted by atomic mass is 9.94. The van der Waals surface area contributed by atoms with E-state index in [1.54, 1.807) is 0 Å². The van der Waals surface area contributed by atoms with Crippen molar-refractivity contribution in [2.75, 3.05) is 13.1 Å². The van der Waals surface area contributed by atoms with Gasteiger partial charge in [0.1, 0.15) is 11.6 Å². The van der Waals surface area contributed by atoms with Crippen LogP contribution in [0.15, 0.2) is 18.2 Å². The Morgan fingerprint density at radius 2 is 1.95 bits per heavy atom. The Balaban J connectivity index is 2.14. The van der Waals surface area contributed by atoms with Gasteiger partial charge in [0.15, 0.2) is 0 Å². The number of piperazine rings is 1. The molecular formula is C16H24F2N2. The number of benzene rings is 1. The Bertz CT molecular complexity index is 430. The van der Waals surface area contributed by atoms with Gasteiger partial charge in [0.05, 0.1) is 0 Å². The molecule has 0 aliphatic carbocycles. The highest BCUT2D eigenvalue weighted by Gasteiger charge is 2.29. The van der Waals surface area contributed by atoms with Crippen LogP contribution in [-0.2, 0) is 6.54 Å². The zero-order valence-electron chi connectivity index (χ0n) is 12.5. The quantitative estimate of drug-likeness (QED) is 0.912. The number of nitrogens with one attached hydrogen (secondary N) is 1. The second-order valence-corrected chi connectivity index (χ2v) is 5.97. The summed E-state index contributed by atoms with van der Waals surface area (Å²) in [5.74, 6) is -0.431.